The van der Waals surface area contributed by atoms with Crippen molar-refractivity contribution in [1.82, 2.24) is 4.98 Å². The maximum absolute atomic E-state index is 5.22. The highest BCUT2D eigenvalue weighted by molar-refractivity contribution is 5.40. The topological polar surface area (TPSA) is 22.1 Å². The van der Waals surface area contributed by atoms with E-state index in [0.717, 1.165) is 5.88 Å². The van der Waals surface area contributed by atoms with Gasteiger partial charge in [0.15, 0.2) is 0 Å². The number of hydrogen-bond acceptors (Lipinski definition) is 2. The van der Waals surface area contributed by atoms with Crippen molar-refractivity contribution < 1.29 is 4.74 Å². The Morgan fingerprint density at radius 2 is 2.42 bits per heavy atom. The first-order valence-electron chi connectivity index (χ1n) is 4.34. The first kappa shape index (κ1) is 7.59. The van der Waals surface area contributed by atoms with E-state index in [1.54, 1.807) is 7.11 Å². The molecule has 1 aromatic heterocycles. The van der Waals surface area contributed by atoms with Crippen LogP contribution in [0.1, 0.15) is 30.4 Å². The van der Waals surface area contributed by atoms with Crippen LogP contribution in [0.2, 0.25) is 0 Å². The number of aromatic nitrogens is 1. The van der Waals surface area contributed by atoms with Crippen LogP contribution in [-0.2, 0) is 6.42 Å². The molecule has 1 aliphatic carbocycles. The fraction of sp³-hybridized carbons (Fsp3) is 0.500. The van der Waals surface area contributed by atoms with Crippen molar-refractivity contribution in [3.8, 4) is 5.88 Å². The lowest BCUT2D eigenvalue weighted by Crippen LogP contribution is -1.96. The molecule has 0 saturated carbocycles. The fourth-order valence-corrected chi connectivity index (χ4v) is 1.92. The summed E-state index contributed by atoms with van der Waals surface area (Å²) in [5.74, 6) is 1.43. The Labute approximate surface area is 72.6 Å². The zero-order valence-corrected chi connectivity index (χ0v) is 7.50. The molecule has 0 saturated heterocycles. The average Bonchev–Trinajstić information content (AvgIpc) is 2.48. The Bertz CT molecular complexity index is 296. The maximum Gasteiger partial charge on any atom is 0.216 e. The molecule has 1 aliphatic rings. The van der Waals surface area contributed by atoms with Gasteiger partial charge in [-0.2, -0.15) is 0 Å². The Hall–Kier alpha value is -1.05. The molecule has 12 heavy (non-hydrogen) atoms. The van der Waals surface area contributed by atoms with Crippen LogP contribution in [0, 0.1) is 0 Å². The van der Waals surface area contributed by atoms with Crippen LogP contribution in [0.15, 0.2) is 12.3 Å². The lowest BCUT2D eigenvalue weighted by atomic mass is 10.1. The summed E-state index contributed by atoms with van der Waals surface area (Å²) in [7, 11) is 1.69. The highest BCUT2D eigenvalue weighted by Crippen LogP contribution is 2.37. The van der Waals surface area contributed by atoms with Crippen LogP contribution < -0.4 is 4.74 Å². The highest BCUT2D eigenvalue weighted by atomic mass is 16.5. The van der Waals surface area contributed by atoms with E-state index in [1.807, 2.05) is 6.20 Å². The summed E-state index contributed by atoms with van der Waals surface area (Å²) in [6.07, 6.45) is 4.24. The van der Waals surface area contributed by atoms with E-state index in [0.29, 0.717) is 5.92 Å². The minimum atomic E-state index is 0.614. The summed E-state index contributed by atoms with van der Waals surface area (Å²) >= 11 is 0. The molecule has 0 fully saturated rings. The molecule has 2 rings (SSSR count). The fourth-order valence-electron chi connectivity index (χ4n) is 1.92. The van der Waals surface area contributed by atoms with Gasteiger partial charge in [0.1, 0.15) is 0 Å². The van der Waals surface area contributed by atoms with Crippen molar-refractivity contribution in [3.63, 3.8) is 0 Å². The van der Waals surface area contributed by atoms with Crippen molar-refractivity contribution in [2.24, 2.45) is 0 Å². The van der Waals surface area contributed by atoms with Crippen LogP contribution in [0.5, 0.6) is 5.88 Å². The second kappa shape index (κ2) is 2.77. The van der Waals surface area contributed by atoms with Crippen LogP contribution in [0.4, 0.5) is 0 Å². The molecule has 64 valence electrons. The molecular weight excluding hydrogens is 150 g/mol. The molecule has 0 aromatic carbocycles. The zero-order valence-electron chi connectivity index (χ0n) is 7.50. The molecule has 0 aliphatic heterocycles. The second-order valence-corrected chi connectivity index (χ2v) is 3.33. The molecule has 0 bridgehead atoms. The molecule has 1 atom stereocenters. The Morgan fingerprint density at radius 1 is 1.58 bits per heavy atom. The first-order valence-corrected chi connectivity index (χ1v) is 4.34. The lowest BCUT2D eigenvalue weighted by Gasteiger charge is -2.08. The number of methoxy groups -OCH3 is 1. The van der Waals surface area contributed by atoms with Gasteiger partial charge in [-0.3, -0.25) is 0 Å². The third-order valence-corrected chi connectivity index (χ3v) is 2.58. The van der Waals surface area contributed by atoms with Gasteiger partial charge < -0.3 is 4.74 Å². The minimum Gasteiger partial charge on any atom is -0.481 e. The van der Waals surface area contributed by atoms with E-state index in [2.05, 4.69) is 18.0 Å². The third kappa shape index (κ3) is 0.986. The van der Waals surface area contributed by atoms with Crippen LogP contribution >= 0.6 is 0 Å². The summed E-state index contributed by atoms with van der Waals surface area (Å²) in [6.45, 7) is 2.23. The van der Waals surface area contributed by atoms with E-state index < -0.39 is 0 Å². The summed E-state index contributed by atoms with van der Waals surface area (Å²) in [5.41, 5.74) is 2.73. The van der Waals surface area contributed by atoms with Gasteiger partial charge in [0, 0.05) is 11.8 Å². The average molecular weight is 163 g/mol. The lowest BCUT2D eigenvalue weighted by molar-refractivity contribution is 0.390. The van der Waals surface area contributed by atoms with Gasteiger partial charge in [-0.25, -0.2) is 4.98 Å². The first-order chi connectivity index (χ1) is 5.83. The predicted molar refractivity (Wildman–Crippen MR) is 47.5 cm³/mol. The number of nitrogens with zero attached hydrogens (tertiary/aromatic N) is 1. The molecule has 2 heteroatoms. The molecule has 1 unspecified atom stereocenters. The van der Waals surface area contributed by atoms with Crippen LogP contribution in [-0.4, -0.2) is 12.1 Å². The number of rotatable bonds is 1. The SMILES string of the molecule is COc1nccc2c1C(C)CC2. The van der Waals surface area contributed by atoms with Crippen molar-refractivity contribution in [3.05, 3.63) is 23.4 Å². The van der Waals surface area contributed by atoms with E-state index in [4.69, 9.17) is 4.74 Å². The number of pyridine rings is 1. The normalized spacial score (nSPS) is 20.7. The van der Waals surface area contributed by atoms with E-state index in [-0.39, 0.29) is 0 Å². The van der Waals surface area contributed by atoms with E-state index >= 15 is 0 Å². The molecule has 2 nitrogen and oxygen atoms in total. The van der Waals surface area contributed by atoms with Gasteiger partial charge in [-0.15, -0.1) is 0 Å². The van der Waals surface area contributed by atoms with Gasteiger partial charge in [-0.05, 0) is 30.4 Å². The van der Waals surface area contributed by atoms with Crippen molar-refractivity contribution in [2.45, 2.75) is 25.7 Å². The van der Waals surface area contributed by atoms with Crippen LogP contribution in [0.25, 0.3) is 0 Å². The Morgan fingerprint density at radius 3 is 3.17 bits per heavy atom. The predicted octanol–water partition coefficient (Wildman–Crippen LogP) is 2.14. The molecule has 0 radical (unpaired) electrons. The largest absolute Gasteiger partial charge is 0.481 e. The molecular formula is C10H13NO. The summed E-state index contributed by atoms with van der Waals surface area (Å²) in [5, 5.41) is 0. The van der Waals surface area contributed by atoms with Gasteiger partial charge in [-0.1, -0.05) is 6.92 Å². The Kier molecular flexibility index (Phi) is 1.75. The molecule has 0 spiro atoms. The zero-order chi connectivity index (χ0) is 8.55. The molecule has 0 amide bonds. The monoisotopic (exact) mass is 163 g/mol. The summed E-state index contributed by atoms with van der Waals surface area (Å²) in [4.78, 5) is 4.20. The minimum absolute atomic E-state index is 0.614. The van der Waals surface area contributed by atoms with Crippen LogP contribution in [0.3, 0.4) is 0 Å². The number of fused-ring (bicyclic) bond motifs is 1. The van der Waals surface area contributed by atoms with Gasteiger partial charge in [0.05, 0.1) is 7.11 Å². The molecule has 1 heterocycles. The number of ether oxygens (including phenoxy) is 1. The van der Waals surface area contributed by atoms with Crippen molar-refractivity contribution >= 4 is 0 Å². The number of aryl methyl sites for hydroxylation is 1. The quantitative estimate of drug-likeness (QED) is 0.632. The van der Waals surface area contributed by atoms with Gasteiger partial charge >= 0.3 is 0 Å². The highest BCUT2D eigenvalue weighted by Gasteiger charge is 2.22. The van der Waals surface area contributed by atoms with Gasteiger partial charge in [0.2, 0.25) is 5.88 Å². The van der Waals surface area contributed by atoms with Crippen molar-refractivity contribution in [2.75, 3.05) is 7.11 Å². The smallest absolute Gasteiger partial charge is 0.216 e. The van der Waals surface area contributed by atoms with E-state index in [9.17, 15) is 0 Å². The van der Waals surface area contributed by atoms with Crippen molar-refractivity contribution in [1.29, 1.82) is 0 Å². The molecule has 1 aromatic rings. The molecule has 0 N–H and O–H groups in total. The van der Waals surface area contributed by atoms with E-state index in [1.165, 1.54) is 24.0 Å². The standard InChI is InChI=1S/C10H13NO/c1-7-3-4-8-5-6-11-10(12-2)9(7)8/h5-7H,3-4H2,1-2H3. The summed E-state index contributed by atoms with van der Waals surface area (Å²) in [6, 6.07) is 2.10. The van der Waals surface area contributed by atoms with Gasteiger partial charge in [0.25, 0.3) is 0 Å². The maximum atomic E-state index is 5.22. The second-order valence-electron chi connectivity index (χ2n) is 3.33. The third-order valence-electron chi connectivity index (χ3n) is 2.58. The Balaban J connectivity index is 2.53. The number of hydrogen-bond donors (Lipinski definition) is 0. The summed E-state index contributed by atoms with van der Waals surface area (Å²) < 4.78 is 5.22.